The smallest absolute Gasteiger partial charge is 0.243 e. The van der Waals surface area contributed by atoms with E-state index in [1.807, 2.05) is 11.0 Å². The highest BCUT2D eigenvalue weighted by Gasteiger charge is 2.32. The Labute approximate surface area is 187 Å². The van der Waals surface area contributed by atoms with Crippen molar-refractivity contribution < 1.29 is 17.6 Å². The maximum atomic E-state index is 14.0. The van der Waals surface area contributed by atoms with E-state index >= 15 is 0 Å². The molecule has 9 heteroatoms. The molecule has 6 nitrogen and oxygen atoms in total. The molecule has 1 aliphatic carbocycles. The SMILES string of the molecule is C[C@@H](C(=O)Nc1ccc(Cl)cc1F)N1CCN(S(=O)(=O)c2ccc3c(c2)CCC3)CC1. The summed E-state index contributed by atoms with van der Waals surface area (Å²) in [5.74, 6) is -0.950. The molecule has 0 aromatic heterocycles. The van der Waals surface area contributed by atoms with Gasteiger partial charge in [-0.05, 0) is 67.6 Å². The lowest BCUT2D eigenvalue weighted by molar-refractivity contribution is -0.121. The third kappa shape index (κ3) is 4.62. The zero-order valence-corrected chi connectivity index (χ0v) is 18.8. The molecule has 2 aromatic carbocycles. The predicted octanol–water partition coefficient (Wildman–Crippen LogP) is 3.30. The van der Waals surface area contributed by atoms with Crippen LogP contribution in [-0.4, -0.2) is 55.8 Å². The van der Waals surface area contributed by atoms with Crippen LogP contribution >= 0.6 is 11.6 Å². The first-order chi connectivity index (χ1) is 14.8. The number of nitrogens with zero attached hydrogens (tertiary/aromatic N) is 2. The van der Waals surface area contributed by atoms with Gasteiger partial charge in [0.05, 0.1) is 16.6 Å². The third-order valence-electron chi connectivity index (χ3n) is 6.10. The van der Waals surface area contributed by atoms with Gasteiger partial charge in [-0.2, -0.15) is 4.31 Å². The lowest BCUT2D eigenvalue weighted by Crippen LogP contribution is -2.53. The molecule has 0 bridgehead atoms. The first kappa shape index (κ1) is 22.2. The summed E-state index contributed by atoms with van der Waals surface area (Å²) < 4.78 is 41.6. The lowest BCUT2D eigenvalue weighted by atomic mass is 10.1. The van der Waals surface area contributed by atoms with E-state index < -0.39 is 21.9 Å². The zero-order valence-electron chi connectivity index (χ0n) is 17.3. The second-order valence-electron chi connectivity index (χ2n) is 8.01. The maximum Gasteiger partial charge on any atom is 0.243 e. The van der Waals surface area contributed by atoms with E-state index in [-0.39, 0.29) is 16.6 Å². The number of anilines is 1. The molecule has 0 saturated carbocycles. The number of halogens is 2. The monoisotopic (exact) mass is 465 g/mol. The maximum absolute atomic E-state index is 14.0. The molecule has 0 unspecified atom stereocenters. The van der Waals surface area contributed by atoms with Gasteiger partial charge in [-0.1, -0.05) is 17.7 Å². The number of benzene rings is 2. The van der Waals surface area contributed by atoms with E-state index in [2.05, 4.69) is 5.32 Å². The first-order valence-electron chi connectivity index (χ1n) is 10.4. The fraction of sp³-hybridized carbons (Fsp3) is 0.409. The molecule has 1 heterocycles. The molecule has 166 valence electrons. The van der Waals surface area contributed by atoms with Crippen LogP contribution in [0.2, 0.25) is 5.02 Å². The van der Waals surface area contributed by atoms with Crippen LogP contribution in [-0.2, 0) is 27.7 Å². The Morgan fingerprint density at radius 2 is 1.77 bits per heavy atom. The number of rotatable bonds is 5. The Kier molecular flexibility index (Phi) is 6.35. The number of fused-ring (bicyclic) bond motifs is 1. The minimum Gasteiger partial charge on any atom is -0.322 e. The van der Waals surface area contributed by atoms with E-state index in [0.717, 1.165) is 30.9 Å². The van der Waals surface area contributed by atoms with Crippen LogP contribution in [0.4, 0.5) is 10.1 Å². The van der Waals surface area contributed by atoms with Crippen LogP contribution in [0.5, 0.6) is 0 Å². The zero-order chi connectivity index (χ0) is 22.2. The van der Waals surface area contributed by atoms with Crippen molar-refractivity contribution in [3.8, 4) is 0 Å². The molecule has 1 atom stereocenters. The van der Waals surface area contributed by atoms with E-state index in [1.165, 1.54) is 22.0 Å². The Morgan fingerprint density at radius 3 is 2.48 bits per heavy atom. The number of amides is 1. The molecule has 1 aliphatic heterocycles. The Hall–Kier alpha value is -2.00. The van der Waals surface area contributed by atoms with Crippen LogP contribution in [0.1, 0.15) is 24.5 Å². The second-order valence-corrected chi connectivity index (χ2v) is 10.4. The molecule has 1 amide bonds. The average Bonchev–Trinajstić information content (AvgIpc) is 3.23. The van der Waals surface area contributed by atoms with Gasteiger partial charge in [0.25, 0.3) is 0 Å². The van der Waals surface area contributed by atoms with Crippen LogP contribution < -0.4 is 5.32 Å². The summed E-state index contributed by atoms with van der Waals surface area (Å²) in [5, 5.41) is 2.83. The number of carbonyl (C=O) groups is 1. The summed E-state index contributed by atoms with van der Waals surface area (Å²) in [5.41, 5.74) is 2.43. The number of carbonyl (C=O) groups excluding carboxylic acids is 1. The van der Waals surface area contributed by atoms with Crippen molar-refractivity contribution in [1.82, 2.24) is 9.21 Å². The van der Waals surface area contributed by atoms with Gasteiger partial charge in [0.2, 0.25) is 15.9 Å². The molecule has 0 spiro atoms. The lowest BCUT2D eigenvalue weighted by Gasteiger charge is -2.36. The van der Waals surface area contributed by atoms with Crippen molar-refractivity contribution >= 4 is 33.2 Å². The van der Waals surface area contributed by atoms with Gasteiger partial charge in [-0.25, -0.2) is 12.8 Å². The topological polar surface area (TPSA) is 69.7 Å². The van der Waals surface area contributed by atoms with Gasteiger partial charge in [0.15, 0.2) is 0 Å². The number of nitrogens with one attached hydrogen (secondary N) is 1. The minimum absolute atomic E-state index is 0.0686. The van der Waals surface area contributed by atoms with Crippen LogP contribution in [0.15, 0.2) is 41.3 Å². The van der Waals surface area contributed by atoms with Crippen molar-refractivity contribution in [2.24, 2.45) is 0 Å². The normalized spacial score (nSPS) is 18.5. The average molecular weight is 466 g/mol. The molecule has 1 N–H and O–H groups in total. The minimum atomic E-state index is -3.57. The quantitative estimate of drug-likeness (QED) is 0.735. The summed E-state index contributed by atoms with van der Waals surface area (Å²) in [7, 11) is -3.57. The van der Waals surface area contributed by atoms with E-state index in [4.69, 9.17) is 11.6 Å². The highest BCUT2D eigenvalue weighted by Crippen LogP contribution is 2.27. The molecule has 31 heavy (non-hydrogen) atoms. The van der Waals surface area contributed by atoms with Crippen LogP contribution in [0.3, 0.4) is 0 Å². The summed E-state index contributed by atoms with van der Waals surface area (Å²) in [6.07, 6.45) is 3.00. The fourth-order valence-electron chi connectivity index (χ4n) is 4.18. The number of hydrogen-bond acceptors (Lipinski definition) is 4. The van der Waals surface area contributed by atoms with Gasteiger partial charge in [0, 0.05) is 31.2 Å². The van der Waals surface area contributed by atoms with Gasteiger partial charge in [0.1, 0.15) is 5.82 Å². The van der Waals surface area contributed by atoms with Gasteiger partial charge in [-0.15, -0.1) is 0 Å². The molecule has 0 radical (unpaired) electrons. The summed E-state index contributed by atoms with van der Waals surface area (Å²) in [6, 6.07) is 8.97. The van der Waals surface area contributed by atoms with E-state index in [0.29, 0.717) is 31.1 Å². The first-order valence-corrected chi connectivity index (χ1v) is 12.2. The van der Waals surface area contributed by atoms with E-state index in [9.17, 15) is 17.6 Å². The number of piperazine rings is 1. The Morgan fingerprint density at radius 1 is 1.06 bits per heavy atom. The molecule has 1 saturated heterocycles. The van der Waals surface area contributed by atoms with Crippen molar-refractivity contribution in [2.45, 2.75) is 37.1 Å². The molecular weight excluding hydrogens is 441 g/mol. The number of hydrogen-bond donors (Lipinski definition) is 1. The van der Waals surface area contributed by atoms with Crippen LogP contribution in [0, 0.1) is 5.82 Å². The van der Waals surface area contributed by atoms with Gasteiger partial charge >= 0.3 is 0 Å². The predicted molar refractivity (Wildman–Crippen MR) is 118 cm³/mol. The second kappa shape index (κ2) is 8.86. The highest BCUT2D eigenvalue weighted by molar-refractivity contribution is 7.89. The number of aryl methyl sites for hydroxylation is 2. The standard InChI is InChI=1S/C22H25ClFN3O3S/c1-15(22(28)25-21-8-6-18(23)14-20(21)24)26-9-11-27(12-10-26)31(29,30)19-7-5-16-3-2-4-17(16)13-19/h5-8,13-15H,2-4,9-12H2,1H3,(H,25,28)/t15-/m0/s1. The van der Waals surface area contributed by atoms with Crippen molar-refractivity contribution in [2.75, 3.05) is 31.5 Å². The summed E-state index contributed by atoms with van der Waals surface area (Å²) >= 11 is 5.75. The molecular formula is C22H25ClFN3O3S. The Bertz CT molecular complexity index is 1100. The fourth-order valence-corrected chi connectivity index (χ4v) is 5.81. The van der Waals surface area contributed by atoms with E-state index in [1.54, 1.807) is 19.1 Å². The highest BCUT2D eigenvalue weighted by atomic mass is 35.5. The summed E-state index contributed by atoms with van der Waals surface area (Å²) in [6.45, 7) is 3.16. The van der Waals surface area contributed by atoms with Crippen molar-refractivity contribution in [3.05, 3.63) is 58.4 Å². The molecule has 2 aromatic rings. The van der Waals surface area contributed by atoms with Crippen LogP contribution in [0.25, 0.3) is 0 Å². The third-order valence-corrected chi connectivity index (χ3v) is 8.23. The molecule has 2 aliphatic rings. The molecule has 4 rings (SSSR count). The largest absolute Gasteiger partial charge is 0.322 e. The van der Waals surface area contributed by atoms with Crippen molar-refractivity contribution in [3.63, 3.8) is 0 Å². The Balaban J connectivity index is 1.38. The summed E-state index contributed by atoms with van der Waals surface area (Å²) in [4.78, 5) is 14.8. The van der Waals surface area contributed by atoms with Crippen molar-refractivity contribution in [1.29, 1.82) is 0 Å². The molecule has 1 fully saturated rings. The van der Waals surface area contributed by atoms with Gasteiger partial charge < -0.3 is 5.32 Å². The van der Waals surface area contributed by atoms with Gasteiger partial charge in [-0.3, -0.25) is 9.69 Å². The number of sulfonamides is 1.